The molecule has 1 rings (SSSR count). The van der Waals surface area contributed by atoms with E-state index in [4.69, 9.17) is 10.4 Å². The molecule has 1 N–H and O–H groups in total. The van der Waals surface area contributed by atoms with Crippen LogP contribution in [0.1, 0.15) is 46.5 Å². The lowest BCUT2D eigenvalue weighted by Gasteiger charge is -2.45. The van der Waals surface area contributed by atoms with E-state index in [1.165, 1.54) is 0 Å². The molecule has 0 aromatic rings. The van der Waals surface area contributed by atoms with Crippen molar-refractivity contribution in [3.05, 3.63) is 11.1 Å². The van der Waals surface area contributed by atoms with Crippen molar-refractivity contribution in [1.29, 1.82) is 5.26 Å². The second kappa shape index (κ2) is 4.69. The topological polar surface area (TPSA) is 61.1 Å². The molecule has 1 aliphatic rings. The molecule has 0 heterocycles. The molecule has 1 atom stereocenters. The quantitative estimate of drug-likeness (QED) is 0.742. The number of allylic oxidation sites excluding steroid dienone is 2. The van der Waals surface area contributed by atoms with Crippen molar-refractivity contribution < 1.29 is 9.90 Å². The van der Waals surface area contributed by atoms with E-state index in [0.717, 1.165) is 30.4 Å². The Hall–Kier alpha value is -1.30. The van der Waals surface area contributed by atoms with Crippen LogP contribution in [-0.4, -0.2) is 11.1 Å². The number of carboxylic acid groups (broad SMARTS) is 1. The summed E-state index contributed by atoms with van der Waals surface area (Å²) < 4.78 is 0. The number of carbonyl (C=O) groups is 1. The lowest BCUT2D eigenvalue weighted by molar-refractivity contribution is -0.148. The molecule has 1 aliphatic carbocycles. The van der Waals surface area contributed by atoms with E-state index in [0.29, 0.717) is 6.42 Å². The van der Waals surface area contributed by atoms with Crippen LogP contribution in [0.2, 0.25) is 0 Å². The van der Waals surface area contributed by atoms with E-state index < -0.39 is 5.97 Å². The molecule has 88 valence electrons. The van der Waals surface area contributed by atoms with Crippen LogP contribution in [0.3, 0.4) is 0 Å². The molecule has 0 spiro atoms. The van der Waals surface area contributed by atoms with Crippen LogP contribution < -0.4 is 0 Å². The van der Waals surface area contributed by atoms with Crippen molar-refractivity contribution in [2.45, 2.75) is 46.5 Å². The van der Waals surface area contributed by atoms with Gasteiger partial charge in [0.05, 0.1) is 12.0 Å². The lowest BCUT2D eigenvalue weighted by Crippen LogP contribution is -2.43. The van der Waals surface area contributed by atoms with Gasteiger partial charge in [0, 0.05) is 11.0 Å². The SMILES string of the molecule is CCCC/C(C#N)=C1\CC(C(=O)O)C1(C)C. The Morgan fingerprint density at radius 2 is 2.25 bits per heavy atom. The normalized spacial score (nSPS) is 25.5. The highest BCUT2D eigenvalue weighted by atomic mass is 16.4. The number of rotatable bonds is 4. The molecule has 0 aliphatic heterocycles. The number of nitrogens with zero attached hydrogens (tertiary/aromatic N) is 1. The van der Waals surface area contributed by atoms with E-state index in [9.17, 15) is 4.79 Å². The van der Waals surface area contributed by atoms with Gasteiger partial charge >= 0.3 is 5.97 Å². The lowest BCUT2D eigenvalue weighted by atomic mass is 9.57. The number of aliphatic carboxylic acids is 1. The second-order valence-electron chi connectivity index (χ2n) is 4.99. The summed E-state index contributed by atoms with van der Waals surface area (Å²) in [6.07, 6.45) is 3.40. The minimum Gasteiger partial charge on any atom is -0.481 e. The summed E-state index contributed by atoms with van der Waals surface area (Å²) in [6, 6.07) is 2.24. The van der Waals surface area contributed by atoms with E-state index in [2.05, 4.69) is 13.0 Å². The number of unbranched alkanes of at least 4 members (excludes halogenated alkanes) is 1. The van der Waals surface area contributed by atoms with Gasteiger partial charge in [0.25, 0.3) is 0 Å². The number of hydrogen-bond acceptors (Lipinski definition) is 2. The number of carboxylic acids is 1. The van der Waals surface area contributed by atoms with E-state index in [1.54, 1.807) is 0 Å². The highest BCUT2D eigenvalue weighted by Crippen LogP contribution is 2.52. The molecule has 0 aromatic heterocycles. The summed E-state index contributed by atoms with van der Waals surface area (Å²) in [5.74, 6) is -1.07. The maximum atomic E-state index is 11.0. The fourth-order valence-electron chi connectivity index (χ4n) is 2.34. The Morgan fingerprint density at radius 1 is 1.62 bits per heavy atom. The molecule has 16 heavy (non-hydrogen) atoms. The molecule has 0 radical (unpaired) electrons. The first-order chi connectivity index (χ1) is 7.45. The van der Waals surface area contributed by atoms with Crippen molar-refractivity contribution in [2.24, 2.45) is 11.3 Å². The van der Waals surface area contributed by atoms with Crippen molar-refractivity contribution in [3.63, 3.8) is 0 Å². The van der Waals surface area contributed by atoms with Crippen LogP contribution in [0.15, 0.2) is 11.1 Å². The molecule has 0 bridgehead atoms. The molecule has 3 heteroatoms. The Bertz CT molecular complexity index is 361. The zero-order valence-electron chi connectivity index (χ0n) is 10.2. The maximum Gasteiger partial charge on any atom is 0.307 e. The Morgan fingerprint density at radius 3 is 2.62 bits per heavy atom. The van der Waals surface area contributed by atoms with Gasteiger partial charge in [-0.2, -0.15) is 5.26 Å². The first-order valence-corrected chi connectivity index (χ1v) is 5.80. The molecule has 0 amide bonds. The molecule has 0 saturated heterocycles. The predicted molar refractivity (Wildman–Crippen MR) is 61.7 cm³/mol. The van der Waals surface area contributed by atoms with E-state index in [1.807, 2.05) is 13.8 Å². The van der Waals surface area contributed by atoms with Gasteiger partial charge in [-0.3, -0.25) is 4.79 Å². The monoisotopic (exact) mass is 221 g/mol. The van der Waals surface area contributed by atoms with Crippen LogP contribution in [0.25, 0.3) is 0 Å². The summed E-state index contributed by atoms with van der Waals surface area (Å²) in [6.45, 7) is 5.94. The molecule has 1 unspecified atom stereocenters. The van der Waals surface area contributed by atoms with Gasteiger partial charge in [-0.05, 0) is 24.8 Å². The minimum absolute atomic E-state index is 0.326. The van der Waals surface area contributed by atoms with Gasteiger partial charge < -0.3 is 5.11 Å². The van der Waals surface area contributed by atoms with E-state index in [-0.39, 0.29) is 11.3 Å². The number of nitriles is 1. The van der Waals surface area contributed by atoms with Crippen molar-refractivity contribution in [1.82, 2.24) is 0 Å². The summed E-state index contributed by atoms with van der Waals surface area (Å²) in [7, 11) is 0. The summed E-state index contributed by atoms with van der Waals surface area (Å²) in [5.41, 5.74) is 1.52. The van der Waals surface area contributed by atoms with Crippen LogP contribution in [-0.2, 0) is 4.79 Å². The summed E-state index contributed by atoms with van der Waals surface area (Å²) >= 11 is 0. The average Bonchev–Trinajstić information content (AvgIpc) is 2.21. The Kier molecular flexibility index (Phi) is 3.74. The predicted octanol–water partition coefficient (Wildman–Crippen LogP) is 3.13. The molecule has 1 saturated carbocycles. The second-order valence-corrected chi connectivity index (χ2v) is 4.99. The van der Waals surface area contributed by atoms with Gasteiger partial charge in [0.15, 0.2) is 0 Å². The van der Waals surface area contributed by atoms with Crippen molar-refractivity contribution in [3.8, 4) is 6.07 Å². The van der Waals surface area contributed by atoms with Gasteiger partial charge in [0.2, 0.25) is 0 Å². The maximum absolute atomic E-state index is 11.0. The van der Waals surface area contributed by atoms with Crippen LogP contribution >= 0.6 is 0 Å². The molecule has 1 fully saturated rings. The zero-order chi connectivity index (χ0) is 12.3. The Labute approximate surface area is 96.8 Å². The smallest absolute Gasteiger partial charge is 0.307 e. The third-order valence-corrected chi connectivity index (χ3v) is 3.63. The first kappa shape index (κ1) is 12.8. The molecular weight excluding hydrogens is 202 g/mol. The zero-order valence-corrected chi connectivity index (χ0v) is 10.2. The summed E-state index contributed by atoms with van der Waals surface area (Å²) in [4.78, 5) is 11.0. The largest absolute Gasteiger partial charge is 0.481 e. The van der Waals surface area contributed by atoms with Gasteiger partial charge in [-0.1, -0.05) is 27.2 Å². The van der Waals surface area contributed by atoms with E-state index >= 15 is 0 Å². The molecular formula is C13H19NO2. The first-order valence-electron chi connectivity index (χ1n) is 5.80. The average molecular weight is 221 g/mol. The third-order valence-electron chi connectivity index (χ3n) is 3.63. The fraction of sp³-hybridized carbons (Fsp3) is 0.692. The summed E-state index contributed by atoms with van der Waals surface area (Å²) in [5, 5.41) is 18.1. The molecule has 0 aromatic carbocycles. The van der Waals surface area contributed by atoms with Crippen LogP contribution in [0.4, 0.5) is 0 Å². The van der Waals surface area contributed by atoms with Crippen LogP contribution in [0.5, 0.6) is 0 Å². The van der Waals surface area contributed by atoms with Crippen molar-refractivity contribution >= 4 is 5.97 Å². The third kappa shape index (κ3) is 2.11. The van der Waals surface area contributed by atoms with Crippen LogP contribution in [0, 0.1) is 22.7 Å². The number of hydrogen-bond donors (Lipinski definition) is 1. The highest BCUT2D eigenvalue weighted by Gasteiger charge is 2.49. The van der Waals surface area contributed by atoms with Gasteiger partial charge in [-0.25, -0.2) is 0 Å². The molecule has 3 nitrogen and oxygen atoms in total. The van der Waals surface area contributed by atoms with Crippen molar-refractivity contribution in [2.75, 3.05) is 0 Å². The Balaban J connectivity index is 2.87. The standard InChI is InChI=1S/C13H19NO2/c1-4-5-6-9(8-14)10-7-11(12(15)16)13(10,2)3/h11H,4-7H2,1-3H3,(H,15,16)/b10-9-. The van der Waals surface area contributed by atoms with Gasteiger partial charge in [-0.15, -0.1) is 0 Å². The minimum atomic E-state index is -0.749. The fourth-order valence-corrected chi connectivity index (χ4v) is 2.34. The van der Waals surface area contributed by atoms with Gasteiger partial charge in [0.1, 0.15) is 0 Å². The highest BCUT2D eigenvalue weighted by molar-refractivity contribution is 5.75.